The Morgan fingerprint density at radius 2 is 1.45 bits per heavy atom. The second kappa shape index (κ2) is 7.45. The molecule has 0 aliphatic carbocycles. The molecule has 4 nitrogen and oxygen atoms in total. The number of carbonyl (C=O) groups excluding carboxylic acids is 1. The van der Waals surface area contributed by atoms with E-state index in [1.54, 1.807) is 11.0 Å². The van der Waals surface area contributed by atoms with Gasteiger partial charge in [0.05, 0.1) is 17.0 Å². The number of aryl methyl sites for hydroxylation is 2. The van der Waals surface area contributed by atoms with Crippen LogP contribution < -0.4 is 10.3 Å². The van der Waals surface area contributed by atoms with Crippen molar-refractivity contribution in [3.05, 3.63) is 111 Å². The molecule has 1 amide bonds. The van der Waals surface area contributed by atoms with Crippen LogP contribution in [0.2, 0.25) is 0 Å². The van der Waals surface area contributed by atoms with Crippen molar-refractivity contribution in [1.82, 2.24) is 0 Å². The zero-order valence-corrected chi connectivity index (χ0v) is 19.6. The van der Waals surface area contributed by atoms with E-state index in [4.69, 9.17) is 4.42 Å². The van der Waals surface area contributed by atoms with Crippen LogP contribution in [0.15, 0.2) is 75.9 Å². The molecular weight excluding hydrogens is 410 g/mol. The minimum atomic E-state index is -0.551. The quantitative estimate of drug-likeness (QED) is 0.362. The lowest BCUT2D eigenvalue weighted by Gasteiger charge is -2.26. The Hall–Kier alpha value is -3.66. The third kappa shape index (κ3) is 3.46. The van der Waals surface area contributed by atoms with E-state index >= 15 is 0 Å². The first-order valence-corrected chi connectivity index (χ1v) is 11.2. The number of hydrogen-bond acceptors (Lipinski definition) is 3. The molecule has 4 aromatic rings. The molecule has 0 radical (unpaired) electrons. The van der Waals surface area contributed by atoms with Gasteiger partial charge in [0.15, 0.2) is 5.43 Å². The number of benzene rings is 3. The van der Waals surface area contributed by atoms with Crippen LogP contribution in [0.25, 0.3) is 11.0 Å². The summed E-state index contributed by atoms with van der Waals surface area (Å²) in [6.07, 6.45) is 0. The zero-order chi connectivity index (χ0) is 23.5. The number of nitrogens with zero attached hydrogens (tertiary/aromatic N) is 1. The van der Waals surface area contributed by atoms with Crippen LogP contribution in [-0.2, 0) is 5.41 Å². The predicted molar refractivity (Wildman–Crippen MR) is 132 cm³/mol. The Kier molecular flexibility index (Phi) is 4.78. The highest BCUT2D eigenvalue weighted by molar-refractivity contribution is 6.10. The Labute approximate surface area is 193 Å². The summed E-state index contributed by atoms with van der Waals surface area (Å²) in [7, 11) is 0. The minimum absolute atomic E-state index is 0.00529. The van der Waals surface area contributed by atoms with E-state index in [0.717, 1.165) is 22.4 Å². The number of fused-ring (bicyclic) bond motifs is 2. The second-order valence-electron chi connectivity index (χ2n) is 9.96. The van der Waals surface area contributed by atoms with Crippen molar-refractivity contribution in [2.24, 2.45) is 0 Å². The van der Waals surface area contributed by atoms with Crippen LogP contribution in [0.4, 0.5) is 5.69 Å². The lowest BCUT2D eigenvalue weighted by atomic mass is 9.86. The molecule has 0 bridgehead atoms. The largest absolute Gasteiger partial charge is 0.450 e. The molecule has 5 rings (SSSR count). The standard InChI is InChI=1S/C29H27NO3/c1-17-6-13-21(14-7-17)30-25(19-9-11-20(12-10-19)29(3,4)5)24-26(31)22-16-18(2)8-15-23(22)33-27(24)28(30)32/h6-16,25H,1-5H3. The molecule has 1 atom stereocenters. The van der Waals surface area contributed by atoms with Crippen LogP contribution >= 0.6 is 0 Å². The molecular formula is C29H27NO3. The van der Waals surface area contributed by atoms with E-state index in [1.165, 1.54) is 5.56 Å². The van der Waals surface area contributed by atoms with Crippen molar-refractivity contribution in [2.45, 2.75) is 46.1 Å². The fraction of sp³-hybridized carbons (Fsp3) is 0.241. The van der Waals surface area contributed by atoms with Gasteiger partial charge in [0, 0.05) is 5.69 Å². The summed E-state index contributed by atoms with van der Waals surface area (Å²) < 4.78 is 6.07. The van der Waals surface area contributed by atoms with Crippen LogP contribution in [0.3, 0.4) is 0 Å². The lowest BCUT2D eigenvalue weighted by Crippen LogP contribution is -2.29. The summed E-state index contributed by atoms with van der Waals surface area (Å²) in [5.74, 6) is -0.167. The van der Waals surface area contributed by atoms with Gasteiger partial charge in [-0.2, -0.15) is 0 Å². The van der Waals surface area contributed by atoms with Crippen molar-refractivity contribution in [2.75, 3.05) is 4.90 Å². The van der Waals surface area contributed by atoms with Gasteiger partial charge in [0.2, 0.25) is 5.76 Å². The molecule has 2 heterocycles. The molecule has 0 N–H and O–H groups in total. The van der Waals surface area contributed by atoms with Crippen LogP contribution in [-0.4, -0.2) is 5.91 Å². The maximum absolute atomic E-state index is 13.7. The maximum Gasteiger partial charge on any atom is 0.295 e. The fourth-order valence-corrected chi connectivity index (χ4v) is 4.54. The summed E-state index contributed by atoms with van der Waals surface area (Å²) in [4.78, 5) is 29.1. The molecule has 3 aromatic carbocycles. The Morgan fingerprint density at radius 3 is 2.09 bits per heavy atom. The monoisotopic (exact) mass is 437 g/mol. The molecule has 166 valence electrons. The van der Waals surface area contributed by atoms with Gasteiger partial charge in [-0.25, -0.2) is 0 Å². The molecule has 0 saturated heterocycles. The van der Waals surface area contributed by atoms with Gasteiger partial charge in [0.1, 0.15) is 5.58 Å². The number of anilines is 1. The molecule has 0 fully saturated rings. The molecule has 1 unspecified atom stereocenters. The maximum atomic E-state index is 13.7. The van der Waals surface area contributed by atoms with Gasteiger partial charge < -0.3 is 4.42 Å². The van der Waals surface area contributed by atoms with Gasteiger partial charge in [-0.1, -0.05) is 74.4 Å². The number of carbonyl (C=O) groups is 1. The first-order chi connectivity index (χ1) is 15.6. The average Bonchev–Trinajstić information content (AvgIpc) is 3.07. The summed E-state index contributed by atoms with van der Waals surface area (Å²) in [6.45, 7) is 10.4. The number of amides is 1. The zero-order valence-electron chi connectivity index (χ0n) is 19.6. The third-order valence-electron chi connectivity index (χ3n) is 6.43. The van der Waals surface area contributed by atoms with Gasteiger partial charge >= 0.3 is 0 Å². The number of hydrogen-bond donors (Lipinski definition) is 0. The van der Waals surface area contributed by atoms with Crippen molar-refractivity contribution >= 4 is 22.6 Å². The second-order valence-corrected chi connectivity index (χ2v) is 9.96. The van der Waals surface area contributed by atoms with E-state index in [1.807, 2.05) is 62.4 Å². The van der Waals surface area contributed by atoms with E-state index < -0.39 is 6.04 Å². The van der Waals surface area contributed by atoms with E-state index in [2.05, 4.69) is 32.9 Å². The van der Waals surface area contributed by atoms with Gasteiger partial charge in [-0.3, -0.25) is 14.5 Å². The normalized spacial score (nSPS) is 15.8. The van der Waals surface area contributed by atoms with Crippen LogP contribution in [0.1, 0.15) is 65.2 Å². The fourth-order valence-electron chi connectivity index (χ4n) is 4.54. The highest BCUT2D eigenvalue weighted by atomic mass is 16.3. The SMILES string of the molecule is Cc1ccc(N2C(=O)c3oc4ccc(C)cc4c(=O)c3C2c2ccc(C(C)(C)C)cc2)cc1. The Balaban J connectivity index is 1.77. The molecule has 0 spiro atoms. The molecule has 33 heavy (non-hydrogen) atoms. The summed E-state index contributed by atoms with van der Waals surface area (Å²) >= 11 is 0. The lowest BCUT2D eigenvalue weighted by molar-refractivity contribution is 0.0971. The molecule has 0 saturated carbocycles. The highest BCUT2D eigenvalue weighted by Crippen LogP contribution is 2.41. The van der Waals surface area contributed by atoms with Crippen LogP contribution in [0, 0.1) is 13.8 Å². The number of rotatable bonds is 2. The molecule has 1 aliphatic heterocycles. The Bertz CT molecular complexity index is 1440. The van der Waals surface area contributed by atoms with Gasteiger partial charge in [-0.05, 0) is 54.7 Å². The van der Waals surface area contributed by atoms with Gasteiger partial charge in [0.25, 0.3) is 5.91 Å². The molecule has 4 heteroatoms. The summed E-state index contributed by atoms with van der Waals surface area (Å²) in [5, 5.41) is 0.503. The molecule has 1 aromatic heterocycles. The minimum Gasteiger partial charge on any atom is -0.450 e. The smallest absolute Gasteiger partial charge is 0.295 e. The molecule has 1 aliphatic rings. The Morgan fingerprint density at radius 1 is 0.818 bits per heavy atom. The highest BCUT2D eigenvalue weighted by Gasteiger charge is 2.43. The van der Waals surface area contributed by atoms with E-state index in [-0.39, 0.29) is 22.5 Å². The summed E-state index contributed by atoms with van der Waals surface area (Å²) in [6, 6.07) is 20.9. The summed E-state index contributed by atoms with van der Waals surface area (Å²) in [5.41, 5.74) is 5.58. The van der Waals surface area contributed by atoms with Crippen molar-refractivity contribution in [3.8, 4) is 0 Å². The predicted octanol–water partition coefficient (Wildman–Crippen LogP) is 6.46. The van der Waals surface area contributed by atoms with Crippen LogP contribution in [0.5, 0.6) is 0 Å². The third-order valence-corrected chi connectivity index (χ3v) is 6.43. The van der Waals surface area contributed by atoms with E-state index in [9.17, 15) is 9.59 Å². The average molecular weight is 438 g/mol. The van der Waals surface area contributed by atoms with Crippen molar-refractivity contribution < 1.29 is 9.21 Å². The van der Waals surface area contributed by atoms with Crippen molar-refractivity contribution in [3.63, 3.8) is 0 Å². The first kappa shape index (κ1) is 21.2. The van der Waals surface area contributed by atoms with Crippen molar-refractivity contribution in [1.29, 1.82) is 0 Å². The van der Waals surface area contributed by atoms with E-state index in [0.29, 0.717) is 16.5 Å². The van der Waals surface area contributed by atoms with Gasteiger partial charge in [-0.15, -0.1) is 0 Å². The topological polar surface area (TPSA) is 50.5 Å². The first-order valence-electron chi connectivity index (χ1n) is 11.2.